The molecule has 1 aliphatic rings. The van der Waals surface area contributed by atoms with Gasteiger partial charge in [-0.2, -0.15) is 8.78 Å². The topological polar surface area (TPSA) is 140 Å². The predicted molar refractivity (Wildman–Crippen MR) is 167 cm³/mol. The molecular formula is C34H41F4N3O7. The molecule has 0 unspecified atom stereocenters. The summed E-state index contributed by atoms with van der Waals surface area (Å²) in [6, 6.07) is 5.17. The van der Waals surface area contributed by atoms with Crippen LogP contribution in [-0.4, -0.2) is 53.8 Å². The minimum atomic E-state index is -1.86. The normalized spacial score (nSPS) is 17.1. The van der Waals surface area contributed by atoms with Gasteiger partial charge in [-0.3, -0.25) is 24.0 Å². The lowest BCUT2D eigenvalue weighted by Crippen LogP contribution is -2.49. The molecule has 3 amide bonds. The summed E-state index contributed by atoms with van der Waals surface area (Å²) in [5, 5.41) is 7.79. The Morgan fingerprint density at radius 2 is 1.44 bits per heavy atom. The maximum Gasteiger partial charge on any atom is 0.313 e. The number of halogens is 4. The molecule has 0 radical (unpaired) electrons. The Hall–Kier alpha value is -4.49. The zero-order valence-corrected chi connectivity index (χ0v) is 27.7. The van der Waals surface area contributed by atoms with E-state index in [0.717, 1.165) is 5.56 Å². The molecule has 0 bridgehead atoms. The first-order valence-corrected chi connectivity index (χ1v) is 15.5. The molecule has 1 aliphatic carbocycles. The first-order chi connectivity index (χ1) is 22.3. The van der Waals surface area contributed by atoms with Gasteiger partial charge in [-0.1, -0.05) is 39.0 Å². The maximum absolute atomic E-state index is 14.0. The van der Waals surface area contributed by atoms with Crippen molar-refractivity contribution in [2.24, 2.45) is 5.92 Å². The van der Waals surface area contributed by atoms with Crippen LogP contribution in [0.1, 0.15) is 79.2 Å². The second-order valence-electron chi connectivity index (χ2n) is 13.7. The molecule has 0 aromatic heterocycles. The van der Waals surface area contributed by atoms with Crippen LogP contribution in [0.4, 0.5) is 23.2 Å². The molecule has 262 valence electrons. The number of esters is 1. The van der Waals surface area contributed by atoms with Crippen molar-refractivity contribution in [2.45, 2.75) is 96.7 Å². The van der Waals surface area contributed by atoms with E-state index in [2.05, 4.69) is 16.0 Å². The number of hydrogen-bond donors (Lipinski definition) is 3. The number of amides is 3. The molecule has 1 fully saturated rings. The zero-order valence-electron chi connectivity index (χ0n) is 27.7. The summed E-state index contributed by atoms with van der Waals surface area (Å²) in [6.45, 7) is 9.55. The van der Waals surface area contributed by atoms with Crippen molar-refractivity contribution in [3.8, 4) is 5.75 Å². The first-order valence-electron chi connectivity index (χ1n) is 15.5. The van der Waals surface area contributed by atoms with Gasteiger partial charge in [0.2, 0.25) is 17.5 Å². The Labute approximate surface area is 276 Å². The largest absolute Gasteiger partial charge is 0.479 e. The maximum atomic E-state index is 14.0. The van der Waals surface area contributed by atoms with Crippen molar-refractivity contribution in [1.82, 2.24) is 10.6 Å². The summed E-state index contributed by atoms with van der Waals surface area (Å²) >= 11 is 0. The molecule has 0 saturated heterocycles. The number of rotatable bonds is 10. The van der Waals surface area contributed by atoms with Gasteiger partial charge in [0, 0.05) is 23.7 Å². The van der Waals surface area contributed by atoms with Crippen LogP contribution in [0.3, 0.4) is 0 Å². The number of ether oxygens (including phenoxy) is 2. The number of hydrogen-bond acceptors (Lipinski definition) is 7. The van der Waals surface area contributed by atoms with E-state index in [0.29, 0.717) is 18.5 Å². The van der Waals surface area contributed by atoms with Gasteiger partial charge in [0.05, 0.1) is 6.42 Å². The Balaban J connectivity index is 1.61. The summed E-state index contributed by atoms with van der Waals surface area (Å²) < 4.78 is 65.2. The molecule has 1 atom stereocenters. The average molecular weight is 680 g/mol. The predicted octanol–water partition coefficient (Wildman–Crippen LogP) is 5.02. The van der Waals surface area contributed by atoms with Crippen molar-refractivity contribution < 1.29 is 51.0 Å². The molecule has 0 heterocycles. The van der Waals surface area contributed by atoms with Gasteiger partial charge in [0.25, 0.3) is 0 Å². The molecule has 3 rings (SSSR count). The van der Waals surface area contributed by atoms with Crippen LogP contribution in [0.25, 0.3) is 0 Å². The first kappa shape index (κ1) is 38.0. The number of carbonyl (C=O) groups excluding carboxylic acids is 5. The molecule has 2 aromatic rings. The van der Waals surface area contributed by atoms with Gasteiger partial charge in [-0.15, -0.1) is 0 Å². The van der Waals surface area contributed by atoms with E-state index in [4.69, 9.17) is 9.47 Å². The molecule has 2 aromatic carbocycles. The molecule has 0 spiro atoms. The number of carbonyl (C=O) groups is 5. The molecule has 0 aliphatic heterocycles. The van der Waals surface area contributed by atoms with Crippen molar-refractivity contribution >= 4 is 35.2 Å². The van der Waals surface area contributed by atoms with E-state index < -0.39 is 95.1 Å². The van der Waals surface area contributed by atoms with E-state index >= 15 is 0 Å². The van der Waals surface area contributed by atoms with Crippen molar-refractivity contribution in [1.29, 1.82) is 0 Å². The van der Waals surface area contributed by atoms with Gasteiger partial charge < -0.3 is 25.4 Å². The highest BCUT2D eigenvalue weighted by molar-refractivity contribution is 6.39. The minimum absolute atomic E-state index is 0.0208. The van der Waals surface area contributed by atoms with Crippen molar-refractivity contribution in [2.75, 3.05) is 11.9 Å². The fourth-order valence-electron chi connectivity index (χ4n) is 5.18. The summed E-state index contributed by atoms with van der Waals surface area (Å²) in [5.74, 6) is -13.5. The fourth-order valence-corrected chi connectivity index (χ4v) is 5.18. The number of Topliss-reactive ketones (excluding diaryl/α,β-unsaturated/α-hetero) is 1. The van der Waals surface area contributed by atoms with Crippen LogP contribution in [0.2, 0.25) is 0 Å². The van der Waals surface area contributed by atoms with Crippen LogP contribution < -0.4 is 20.7 Å². The van der Waals surface area contributed by atoms with Gasteiger partial charge in [0.15, 0.2) is 23.2 Å². The molecule has 3 N–H and O–H groups in total. The highest BCUT2D eigenvalue weighted by Gasteiger charge is 2.33. The Morgan fingerprint density at radius 1 is 0.854 bits per heavy atom. The lowest BCUT2D eigenvalue weighted by molar-refractivity contribution is -0.156. The molecular weight excluding hydrogens is 638 g/mol. The molecule has 48 heavy (non-hydrogen) atoms. The van der Waals surface area contributed by atoms with Gasteiger partial charge in [-0.25, -0.2) is 8.78 Å². The van der Waals surface area contributed by atoms with Crippen LogP contribution in [-0.2, 0) is 34.1 Å². The van der Waals surface area contributed by atoms with Crippen LogP contribution in [0.5, 0.6) is 5.75 Å². The third-order valence-electron chi connectivity index (χ3n) is 7.55. The summed E-state index contributed by atoms with van der Waals surface area (Å²) in [4.78, 5) is 64.1. The summed E-state index contributed by atoms with van der Waals surface area (Å²) in [5.41, 5.74) is 0.158. The summed E-state index contributed by atoms with van der Waals surface area (Å²) in [6.07, 6.45) is 0.509. The molecule has 1 saturated carbocycles. The molecule has 14 heteroatoms. The number of nitrogens with one attached hydrogen (secondary N) is 3. The van der Waals surface area contributed by atoms with E-state index in [9.17, 15) is 41.5 Å². The standard InChI is InChI=1S/C34H41F4N3O7/c1-33(2,3)20-9-7-8-10-23(20)40-32(46)31(45)39-19-13-11-18(12-14-19)30(44)41-24(16-26(43)48-34(4,5)6)25(42)17-47-29-27(37)21(35)15-22(36)28(29)38/h7-10,15,18-19,24H,11-14,16-17H2,1-6H3,(H,39,45)(H,40,46)(H,41,44)/t18-,19-,24-/m0/s1. The second kappa shape index (κ2) is 15.6. The minimum Gasteiger partial charge on any atom is -0.479 e. The average Bonchev–Trinajstić information content (AvgIpc) is 2.98. The van der Waals surface area contributed by atoms with E-state index in [1.54, 1.807) is 32.9 Å². The number of ketones is 1. The van der Waals surface area contributed by atoms with E-state index in [1.807, 2.05) is 32.9 Å². The van der Waals surface area contributed by atoms with Gasteiger partial charge in [-0.05, 0) is 63.5 Å². The third kappa shape index (κ3) is 10.5. The Bertz CT molecular complexity index is 1520. The second-order valence-corrected chi connectivity index (χ2v) is 13.7. The lowest BCUT2D eigenvalue weighted by Gasteiger charge is -2.29. The van der Waals surface area contributed by atoms with Crippen LogP contribution in [0.15, 0.2) is 30.3 Å². The zero-order chi connectivity index (χ0) is 36.0. The fraction of sp³-hybridized carbons (Fsp3) is 0.500. The quantitative estimate of drug-likeness (QED) is 0.139. The Morgan fingerprint density at radius 3 is 2.00 bits per heavy atom. The monoisotopic (exact) mass is 679 g/mol. The number of para-hydroxylation sites is 1. The number of benzene rings is 2. The molecule has 10 nitrogen and oxygen atoms in total. The van der Waals surface area contributed by atoms with E-state index in [1.165, 1.54) is 0 Å². The van der Waals surface area contributed by atoms with Crippen molar-refractivity contribution in [3.05, 3.63) is 59.2 Å². The van der Waals surface area contributed by atoms with E-state index in [-0.39, 0.29) is 24.3 Å². The smallest absolute Gasteiger partial charge is 0.313 e. The van der Waals surface area contributed by atoms with Crippen LogP contribution >= 0.6 is 0 Å². The Kier molecular flexibility index (Phi) is 12.3. The van der Waals surface area contributed by atoms with Crippen LogP contribution in [0, 0.1) is 29.2 Å². The number of anilines is 1. The highest BCUT2D eigenvalue weighted by Crippen LogP contribution is 2.30. The van der Waals surface area contributed by atoms with Gasteiger partial charge in [0.1, 0.15) is 18.2 Å². The van der Waals surface area contributed by atoms with Crippen molar-refractivity contribution in [3.63, 3.8) is 0 Å². The third-order valence-corrected chi connectivity index (χ3v) is 7.55. The SMILES string of the molecule is CC(C)(C)OC(=O)C[C@H](NC(=O)[C@H]1CC[C@H](NC(=O)C(=O)Nc2ccccc2C(C)(C)C)CC1)C(=O)COc1c(F)c(F)cc(F)c1F. The highest BCUT2D eigenvalue weighted by atomic mass is 19.2. The summed E-state index contributed by atoms with van der Waals surface area (Å²) in [7, 11) is 0. The van der Waals surface area contributed by atoms with Gasteiger partial charge >= 0.3 is 17.8 Å². The lowest BCUT2D eigenvalue weighted by atomic mass is 9.85.